The van der Waals surface area contributed by atoms with E-state index < -0.39 is 18.0 Å². The van der Waals surface area contributed by atoms with Crippen molar-refractivity contribution in [2.75, 3.05) is 13.1 Å². The van der Waals surface area contributed by atoms with Gasteiger partial charge < -0.3 is 11.1 Å². The molecule has 2 aliphatic rings. The number of allylic oxidation sites excluding steroid dienone is 2. The Morgan fingerprint density at radius 2 is 2.15 bits per heavy atom. The zero-order valence-electron chi connectivity index (χ0n) is 18.5. The summed E-state index contributed by atoms with van der Waals surface area (Å²) >= 11 is 6.26. The molecule has 0 unspecified atom stereocenters. The third-order valence-electron chi connectivity index (χ3n) is 5.52. The summed E-state index contributed by atoms with van der Waals surface area (Å²) in [6.45, 7) is 3.29. The van der Waals surface area contributed by atoms with E-state index in [2.05, 4.69) is 25.7 Å². The fourth-order valence-corrected chi connectivity index (χ4v) is 4.19. The Balaban J connectivity index is 0.00000204. The number of amides is 2. The van der Waals surface area contributed by atoms with Crippen LogP contribution in [0.5, 0.6) is 0 Å². The summed E-state index contributed by atoms with van der Waals surface area (Å²) in [6.07, 6.45) is 8.43. The van der Waals surface area contributed by atoms with Crippen molar-refractivity contribution in [3.63, 3.8) is 0 Å². The number of carbonyl (C=O) groups is 2. The maximum absolute atomic E-state index is 13.6. The molecule has 1 aromatic heterocycles. The zero-order chi connectivity index (χ0) is 22.7. The maximum Gasteiger partial charge on any atom is 0.252 e. The number of nitrogens with two attached hydrogens (primary N) is 1. The number of nitrogens with one attached hydrogen (secondary N) is 1. The normalized spacial score (nSPS) is 18.2. The average molecular weight is 530 g/mol. The fourth-order valence-electron chi connectivity index (χ4n) is 3.99. The minimum Gasteiger partial charge on any atom is -0.368 e. The molecule has 0 bridgehead atoms. The van der Waals surface area contributed by atoms with Crippen molar-refractivity contribution in [2.24, 2.45) is 5.73 Å². The lowest BCUT2D eigenvalue weighted by atomic mass is 10.1. The van der Waals surface area contributed by atoms with Crippen LogP contribution in [-0.2, 0) is 16.1 Å². The summed E-state index contributed by atoms with van der Waals surface area (Å²) in [4.78, 5) is 29.7. The lowest BCUT2D eigenvalue weighted by Crippen LogP contribution is -2.53. The van der Waals surface area contributed by atoms with E-state index in [1.54, 1.807) is 23.7 Å². The monoisotopic (exact) mass is 528 g/mol. The van der Waals surface area contributed by atoms with E-state index in [1.807, 2.05) is 24.3 Å². The molecule has 1 saturated heterocycles. The SMILES string of the molecule is C[C@H](N)C(=O)N(C(=O)[C@@H]1CCCN1Cc1cc(Cl)ccc1-n1cnnn1)C1=CC=CCN1.Cl.Cl. The number of rotatable bonds is 6. The summed E-state index contributed by atoms with van der Waals surface area (Å²) < 4.78 is 1.56. The van der Waals surface area contributed by atoms with Crippen LogP contribution in [0.25, 0.3) is 5.69 Å². The van der Waals surface area contributed by atoms with Gasteiger partial charge in [-0.15, -0.1) is 29.9 Å². The van der Waals surface area contributed by atoms with Crippen LogP contribution in [0.1, 0.15) is 25.3 Å². The fraction of sp³-hybridized carbons (Fsp3) is 0.381. The van der Waals surface area contributed by atoms with E-state index in [-0.39, 0.29) is 30.7 Å². The highest BCUT2D eigenvalue weighted by Gasteiger charge is 2.38. The van der Waals surface area contributed by atoms with Gasteiger partial charge in [0.2, 0.25) is 0 Å². The van der Waals surface area contributed by atoms with Gasteiger partial charge >= 0.3 is 0 Å². The molecule has 2 amide bonds. The van der Waals surface area contributed by atoms with Gasteiger partial charge in [-0.25, -0.2) is 9.58 Å². The second-order valence-electron chi connectivity index (χ2n) is 7.82. The van der Waals surface area contributed by atoms with Gasteiger partial charge in [-0.1, -0.05) is 23.8 Å². The molecule has 2 atom stereocenters. The Hall–Kier alpha value is -2.50. The molecule has 3 heterocycles. The second kappa shape index (κ2) is 12.3. The van der Waals surface area contributed by atoms with E-state index in [4.69, 9.17) is 17.3 Å². The number of hydrogen-bond donors (Lipinski definition) is 2. The Morgan fingerprint density at radius 1 is 1.35 bits per heavy atom. The van der Waals surface area contributed by atoms with Crippen LogP contribution in [0.15, 0.2) is 48.6 Å². The summed E-state index contributed by atoms with van der Waals surface area (Å²) in [5.74, 6) is -0.276. The van der Waals surface area contributed by atoms with Crippen LogP contribution in [0.4, 0.5) is 0 Å². The Morgan fingerprint density at radius 3 is 2.79 bits per heavy atom. The molecular formula is C21H27Cl3N8O2. The van der Waals surface area contributed by atoms with Gasteiger partial charge in [0, 0.05) is 18.1 Å². The number of aromatic nitrogens is 4. The standard InChI is InChI=1S/C21H25ClN8O2.2ClH/c1-14(23)20(31)30(19-6-2-3-9-24-19)21(32)18-5-4-10-28(18)12-15-11-16(22)7-8-17(15)29-13-25-26-27-29;;/h2-3,6-8,11,13-14,18,24H,4-5,9-10,12,23H2,1H3;2*1H/t14-,18-;;/m0../s1. The smallest absolute Gasteiger partial charge is 0.252 e. The van der Waals surface area contributed by atoms with Crippen LogP contribution in [0.3, 0.4) is 0 Å². The number of halogens is 3. The Bertz CT molecular complexity index is 1060. The van der Waals surface area contributed by atoms with Crippen LogP contribution < -0.4 is 11.1 Å². The van der Waals surface area contributed by atoms with Crippen molar-refractivity contribution in [3.8, 4) is 5.69 Å². The number of tetrazole rings is 1. The number of hydrogen-bond acceptors (Lipinski definition) is 8. The Kier molecular flexibility index (Phi) is 10.0. The predicted octanol–water partition coefficient (Wildman–Crippen LogP) is 1.83. The quantitative estimate of drug-likeness (QED) is 0.581. The summed E-state index contributed by atoms with van der Waals surface area (Å²) in [5.41, 5.74) is 7.52. The van der Waals surface area contributed by atoms with Gasteiger partial charge in [-0.3, -0.25) is 14.5 Å². The first-order valence-corrected chi connectivity index (χ1v) is 10.8. The number of nitrogens with zero attached hydrogens (tertiary/aromatic N) is 6. The lowest BCUT2D eigenvalue weighted by Gasteiger charge is -2.32. The highest BCUT2D eigenvalue weighted by Crippen LogP contribution is 2.27. The topological polar surface area (TPSA) is 122 Å². The van der Waals surface area contributed by atoms with Crippen LogP contribution in [0.2, 0.25) is 5.02 Å². The number of carbonyl (C=O) groups excluding carboxylic acids is 2. The van der Waals surface area contributed by atoms with Crippen LogP contribution in [0, 0.1) is 0 Å². The molecular weight excluding hydrogens is 503 g/mol. The summed E-state index contributed by atoms with van der Waals surface area (Å²) in [6, 6.07) is 4.19. The van der Waals surface area contributed by atoms with E-state index in [0.717, 1.165) is 17.7 Å². The van der Waals surface area contributed by atoms with Crippen molar-refractivity contribution < 1.29 is 9.59 Å². The number of dihydropyridines is 1. The number of imide groups is 1. The van der Waals surface area contributed by atoms with E-state index in [1.165, 1.54) is 11.2 Å². The highest BCUT2D eigenvalue weighted by molar-refractivity contribution is 6.30. The van der Waals surface area contributed by atoms with Gasteiger partial charge in [-0.2, -0.15) is 0 Å². The molecule has 0 aliphatic carbocycles. The maximum atomic E-state index is 13.6. The largest absolute Gasteiger partial charge is 0.368 e. The zero-order valence-corrected chi connectivity index (χ0v) is 20.9. The van der Waals surface area contributed by atoms with Crippen molar-refractivity contribution in [1.82, 2.24) is 35.3 Å². The molecule has 184 valence electrons. The van der Waals surface area contributed by atoms with Crippen molar-refractivity contribution in [2.45, 2.75) is 38.4 Å². The van der Waals surface area contributed by atoms with Gasteiger partial charge in [0.05, 0.1) is 17.8 Å². The molecule has 0 radical (unpaired) electrons. The first-order chi connectivity index (χ1) is 15.5. The third-order valence-corrected chi connectivity index (χ3v) is 5.76. The first kappa shape index (κ1) is 27.7. The van der Waals surface area contributed by atoms with E-state index in [0.29, 0.717) is 36.9 Å². The van der Waals surface area contributed by atoms with Gasteiger partial charge in [-0.05, 0) is 66.6 Å². The second-order valence-corrected chi connectivity index (χ2v) is 8.25. The van der Waals surface area contributed by atoms with Gasteiger partial charge in [0.15, 0.2) is 0 Å². The van der Waals surface area contributed by atoms with Crippen molar-refractivity contribution in [3.05, 3.63) is 59.2 Å². The Labute approximate surface area is 215 Å². The van der Waals surface area contributed by atoms with E-state index in [9.17, 15) is 9.59 Å². The molecule has 2 aromatic rings. The molecule has 0 saturated carbocycles. The van der Waals surface area contributed by atoms with Crippen LogP contribution in [-0.4, -0.2) is 67.0 Å². The molecule has 2 aliphatic heterocycles. The molecule has 13 heteroatoms. The minimum atomic E-state index is -0.804. The molecule has 1 fully saturated rings. The van der Waals surface area contributed by atoms with Crippen LogP contribution >= 0.6 is 36.4 Å². The molecule has 1 aromatic carbocycles. The summed E-state index contributed by atoms with van der Waals surface area (Å²) in [5, 5.41) is 15.1. The number of benzene rings is 1. The molecule has 3 N–H and O–H groups in total. The molecule has 10 nitrogen and oxygen atoms in total. The molecule has 4 rings (SSSR count). The van der Waals surface area contributed by atoms with E-state index >= 15 is 0 Å². The molecule has 0 spiro atoms. The van der Waals surface area contributed by atoms with Gasteiger partial charge in [0.25, 0.3) is 11.8 Å². The molecule has 34 heavy (non-hydrogen) atoms. The van der Waals surface area contributed by atoms with Crippen molar-refractivity contribution >= 4 is 48.2 Å². The average Bonchev–Trinajstić information content (AvgIpc) is 3.47. The number of likely N-dealkylation sites (tertiary alicyclic amines) is 1. The lowest BCUT2D eigenvalue weighted by molar-refractivity contribution is -0.146. The third kappa shape index (κ3) is 5.94. The predicted molar refractivity (Wildman–Crippen MR) is 133 cm³/mol. The first-order valence-electron chi connectivity index (χ1n) is 10.5. The summed E-state index contributed by atoms with van der Waals surface area (Å²) in [7, 11) is 0. The van der Waals surface area contributed by atoms with Crippen molar-refractivity contribution in [1.29, 1.82) is 0 Å². The minimum absolute atomic E-state index is 0. The van der Waals surface area contributed by atoms with Gasteiger partial charge in [0.1, 0.15) is 12.1 Å². The highest BCUT2D eigenvalue weighted by atomic mass is 35.5.